The van der Waals surface area contributed by atoms with Crippen LogP contribution in [0.2, 0.25) is 0 Å². The van der Waals surface area contributed by atoms with Crippen molar-refractivity contribution in [1.82, 2.24) is 0 Å². The third-order valence-electron chi connectivity index (χ3n) is 4.56. The van der Waals surface area contributed by atoms with E-state index in [1.54, 1.807) is 0 Å². The minimum atomic E-state index is -0.0484. The number of hydrogen-bond donors (Lipinski definition) is 1. The molecule has 19 heavy (non-hydrogen) atoms. The van der Waals surface area contributed by atoms with Crippen molar-refractivity contribution in [2.45, 2.75) is 43.6 Å². The molecule has 1 aliphatic carbocycles. The van der Waals surface area contributed by atoms with Crippen molar-refractivity contribution in [3.63, 3.8) is 0 Å². The fraction of sp³-hybridized carbons (Fsp3) is 0.625. The lowest BCUT2D eigenvalue weighted by Gasteiger charge is -2.32. The Labute approximate surface area is 115 Å². The second kappa shape index (κ2) is 5.51. The van der Waals surface area contributed by atoms with Crippen molar-refractivity contribution in [3.05, 3.63) is 29.8 Å². The van der Waals surface area contributed by atoms with Gasteiger partial charge >= 0.3 is 0 Å². The summed E-state index contributed by atoms with van der Waals surface area (Å²) in [6, 6.07) is 8.32. The first-order valence-electron chi connectivity index (χ1n) is 7.39. The lowest BCUT2D eigenvalue weighted by molar-refractivity contribution is -0.0435. The van der Waals surface area contributed by atoms with Gasteiger partial charge in [-0.05, 0) is 30.9 Å². The van der Waals surface area contributed by atoms with Crippen molar-refractivity contribution >= 4 is 0 Å². The molecule has 2 aliphatic rings. The van der Waals surface area contributed by atoms with Crippen LogP contribution in [0.25, 0.3) is 0 Å². The molecule has 0 aromatic heterocycles. The highest BCUT2D eigenvalue weighted by Gasteiger charge is 2.34. The van der Waals surface area contributed by atoms with Crippen LogP contribution < -0.4 is 10.5 Å². The van der Waals surface area contributed by atoms with Gasteiger partial charge in [0.15, 0.2) is 0 Å². The predicted molar refractivity (Wildman–Crippen MR) is 75.5 cm³/mol. The normalized spacial score (nSPS) is 24.8. The van der Waals surface area contributed by atoms with Gasteiger partial charge in [-0.25, -0.2) is 0 Å². The zero-order valence-electron chi connectivity index (χ0n) is 11.4. The molecular formula is C16H23NO2. The monoisotopic (exact) mass is 261 g/mol. The number of fused-ring (bicyclic) bond motifs is 1. The Morgan fingerprint density at radius 3 is 2.84 bits per heavy atom. The van der Waals surface area contributed by atoms with Crippen LogP contribution in [0.5, 0.6) is 5.75 Å². The quantitative estimate of drug-likeness (QED) is 0.906. The highest BCUT2D eigenvalue weighted by molar-refractivity contribution is 5.37. The van der Waals surface area contributed by atoms with Crippen LogP contribution in [-0.4, -0.2) is 25.4 Å². The van der Waals surface area contributed by atoms with Gasteiger partial charge in [-0.2, -0.15) is 0 Å². The van der Waals surface area contributed by atoms with E-state index < -0.39 is 0 Å². The van der Waals surface area contributed by atoms with E-state index in [4.69, 9.17) is 15.2 Å². The van der Waals surface area contributed by atoms with Gasteiger partial charge in [0.2, 0.25) is 0 Å². The first-order chi connectivity index (χ1) is 9.33. The first kappa shape index (κ1) is 12.9. The maximum absolute atomic E-state index is 6.26. The van der Waals surface area contributed by atoms with Gasteiger partial charge in [-0.3, -0.25) is 0 Å². The SMILES string of the molecule is NCC1(OCC2CCOc3ccccc32)CCCC1. The Kier molecular flexibility index (Phi) is 3.76. The average Bonchev–Trinajstić information content (AvgIpc) is 2.94. The Bertz CT molecular complexity index is 427. The largest absolute Gasteiger partial charge is 0.493 e. The summed E-state index contributed by atoms with van der Waals surface area (Å²) >= 11 is 0. The van der Waals surface area contributed by atoms with Crippen LogP contribution in [-0.2, 0) is 4.74 Å². The van der Waals surface area contributed by atoms with Gasteiger partial charge in [0.05, 0.1) is 18.8 Å². The second-order valence-electron chi connectivity index (χ2n) is 5.78. The van der Waals surface area contributed by atoms with E-state index in [1.807, 2.05) is 6.07 Å². The van der Waals surface area contributed by atoms with Crippen molar-refractivity contribution in [1.29, 1.82) is 0 Å². The van der Waals surface area contributed by atoms with Crippen LogP contribution in [0.4, 0.5) is 0 Å². The van der Waals surface area contributed by atoms with Crippen molar-refractivity contribution in [3.8, 4) is 5.75 Å². The summed E-state index contributed by atoms with van der Waals surface area (Å²) < 4.78 is 12.0. The molecule has 3 heteroatoms. The smallest absolute Gasteiger partial charge is 0.122 e. The highest BCUT2D eigenvalue weighted by Crippen LogP contribution is 2.37. The molecule has 1 aromatic carbocycles. The number of benzene rings is 1. The summed E-state index contributed by atoms with van der Waals surface area (Å²) in [6.07, 6.45) is 5.78. The van der Waals surface area contributed by atoms with E-state index in [9.17, 15) is 0 Å². The van der Waals surface area contributed by atoms with Gasteiger partial charge in [0, 0.05) is 12.5 Å². The highest BCUT2D eigenvalue weighted by atomic mass is 16.5. The average molecular weight is 261 g/mol. The number of ether oxygens (including phenoxy) is 2. The molecule has 0 radical (unpaired) electrons. The molecule has 0 bridgehead atoms. The molecule has 1 aromatic rings. The molecule has 0 spiro atoms. The molecule has 3 nitrogen and oxygen atoms in total. The summed E-state index contributed by atoms with van der Waals surface area (Å²) in [5, 5.41) is 0. The third-order valence-corrected chi connectivity index (χ3v) is 4.56. The molecule has 2 N–H and O–H groups in total. The van der Waals surface area contributed by atoms with Crippen molar-refractivity contribution in [2.75, 3.05) is 19.8 Å². The molecule has 1 saturated carbocycles. The maximum atomic E-state index is 6.26. The Morgan fingerprint density at radius 2 is 2.05 bits per heavy atom. The van der Waals surface area contributed by atoms with Crippen LogP contribution in [0.3, 0.4) is 0 Å². The number of nitrogens with two attached hydrogens (primary N) is 1. The Balaban J connectivity index is 1.68. The third kappa shape index (κ3) is 2.63. The maximum Gasteiger partial charge on any atom is 0.122 e. The van der Waals surface area contributed by atoms with E-state index in [1.165, 1.54) is 18.4 Å². The van der Waals surface area contributed by atoms with E-state index in [0.717, 1.165) is 38.2 Å². The molecule has 1 fully saturated rings. The molecule has 1 aliphatic heterocycles. The van der Waals surface area contributed by atoms with Gasteiger partial charge in [0.25, 0.3) is 0 Å². The van der Waals surface area contributed by atoms with E-state index in [2.05, 4.69) is 18.2 Å². The minimum absolute atomic E-state index is 0.0484. The van der Waals surface area contributed by atoms with Crippen molar-refractivity contribution < 1.29 is 9.47 Å². The molecule has 104 valence electrons. The first-order valence-corrected chi connectivity index (χ1v) is 7.39. The molecule has 1 unspecified atom stereocenters. The zero-order chi connectivity index (χ0) is 13.1. The lowest BCUT2D eigenvalue weighted by Crippen LogP contribution is -2.39. The van der Waals surface area contributed by atoms with E-state index in [-0.39, 0.29) is 5.60 Å². The Hall–Kier alpha value is -1.06. The molecule has 0 amide bonds. The number of para-hydroxylation sites is 1. The van der Waals surface area contributed by atoms with Gasteiger partial charge < -0.3 is 15.2 Å². The Morgan fingerprint density at radius 1 is 1.26 bits per heavy atom. The van der Waals surface area contributed by atoms with Crippen LogP contribution >= 0.6 is 0 Å². The zero-order valence-corrected chi connectivity index (χ0v) is 11.4. The molecule has 1 heterocycles. The molecule has 0 saturated heterocycles. The van der Waals surface area contributed by atoms with Gasteiger partial charge in [-0.1, -0.05) is 31.0 Å². The summed E-state index contributed by atoms with van der Waals surface area (Å²) in [4.78, 5) is 0. The van der Waals surface area contributed by atoms with Crippen LogP contribution in [0.15, 0.2) is 24.3 Å². The second-order valence-corrected chi connectivity index (χ2v) is 5.78. The van der Waals surface area contributed by atoms with Gasteiger partial charge in [-0.15, -0.1) is 0 Å². The predicted octanol–water partition coefficient (Wildman–Crippen LogP) is 2.84. The van der Waals surface area contributed by atoms with E-state index >= 15 is 0 Å². The fourth-order valence-electron chi connectivity index (χ4n) is 3.29. The topological polar surface area (TPSA) is 44.5 Å². The number of rotatable bonds is 4. The summed E-state index contributed by atoms with van der Waals surface area (Å²) in [5.41, 5.74) is 7.17. The standard InChI is InChI=1S/C16H23NO2/c17-12-16(8-3-4-9-16)19-11-13-7-10-18-15-6-2-1-5-14(13)15/h1-2,5-6,13H,3-4,7-12,17H2. The van der Waals surface area contributed by atoms with E-state index in [0.29, 0.717) is 12.5 Å². The summed E-state index contributed by atoms with van der Waals surface area (Å²) in [5.74, 6) is 1.48. The van der Waals surface area contributed by atoms with Crippen molar-refractivity contribution in [2.24, 2.45) is 5.73 Å². The van der Waals surface area contributed by atoms with Gasteiger partial charge in [0.1, 0.15) is 5.75 Å². The molecule has 3 rings (SSSR count). The van der Waals surface area contributed by atoms with Crippen LogP contribution in [0, 0.1) is 0 Å². The molecular weight excluding hydrogens is 238 g/mol. The minimum Gasteiger partial charge on any atom is -0.493 e. The number of hydrogen-bond acceptors (Lipinski definition) is 3. The summed E-state index contributed by atoms with van der Waals surface area (Å²) in [6.45, 7) is 2.22. The lowest BCUT2D eigenvalue weighted by atomic mass is 9.93. The van der Waals surface area contributed by atoms with Crippen LogP contribution in [0.1, 0.15) is 43.6 Å². The molecule has 1 atom stereocenters. The fourth-order valence-corrected chi connectivity index (χ4v) is 3.29. The summed E-state index contributed by atoms with van der Waals surface area (Å²) in [7, 11) is 0.